The highest BCUT2D eigenvalue weighted by molar-refractivity contribution is 5.94. The van der Waals surface area contributed by atoms with Crippen molar-refractivity contribution in [3.8, 4) is 5.75 Å². The summed E-state index contributed by atoms with van der Waals surface area (Å²) in [6, 6.07) is 7.34. The molecule has 0 aliphatic carbocycles. The molecule has 2 rings (SSSR count). The van der Waals surface area contributed by atoms with Crippen LogP contribution in [0.1, 0.15) is 33.6 Å². The first kappa shape index (κ1) is 17.3. The smallest absolute Gasteiger partial charge is 0.229 e. The first-order valence-corrected chi connectivity index (χ1v) is 8.06. The summed E-state index contributed by atoms with van der Waals surface area (Å²) in [6.07, 6.45) is 1.65. The number of ether oxygens (including phenoxy) is 1. The summed E-state index contributed by atoms with van der Waals surface area (Å²) in [4.78, 5) is 26.8. The third-order valence-corrected chi connectivity index (χ3v) is 4.09. The van der Waals surface area contributed by atoms with Gasteiger partial charge in [0.2, 0.25) is 11.8 Å². The third kappa shape index (κ3) is 4.24. The molecule has 2 amide bonds. The molecular weight excluding hydrogens is 292 g/mol. The standard InChI is InChI=1S/C18H26N2O3/c1-18(2,3)17(22)20-11-7-8-13(12-20)16(21)19-14-9-5-6-10-15(14)23-4/h5-6,9-10,13H,7-8,11-12H2,1-4H3,(H,19,21)/t13-/m1/s1. The van der Waals surface area contributed by atoms with Gasteiger partial charge in [0.1, 0.15) is 5.75 Å². The number of methoxy groups -OCH3 is 1. The summed E-state index contributed by atoms with van der Waals surface area (Å²) in [5.41, 5.74) is 0.250. The van der Waals surface area contributed by atoms with Crippen molar-refractivity contribution in [1.82, 2.24) is 4.90 Å². The predicted molar refractivity (Wildman–Crippen MR) is 90.4 cm³/mol. The number of carbonyl (C=O) groups excluding carboxylic acids is 2. The summed E-state index contributed by atoms with van der Waals surface area (Å²) in [7, 11) is 1.58. The average Bonchev–Trinajstić information content (AvgIpc) is 2.54. The first-order valence-electron chi connectivity index (χ1n) is 8.06. The van der Waals surface area contributed by atoms with Gasteiger partial charge < -0.3 is 15.0 Å². The lowest BCUT2D eigenvalue weighted by atomic mass is 9.91. The monoisotopic (exact) mass is 318 g/mol. The Kier molecular flexibility index (Phi) is 5.29. The van der Waals surface area contributed by atoms with Gasteiger partial charge >= 0.3 is 0 Å². The number of hydrogen-bond donors (Lipinski definition) is 1. The normalized spacial score (nSPS) is 18.4. The van der Waals surface area contributed by atoms with E-state index in [2.05, 4.69) is 5.32 Å². The second-order valence-corrected chi connectivity index (χ2v) is 7.03. The van der Waals surface area contributed by atoms with E-state index >= 15 is 0 Å². The van der Waals surface area contributed by atoms with Crippen molar-refractivity contribution in [2.75, 3.05) is 25.5 Å². The number of rotatable bonds is 3. The number of amides is 2. The number of para-hydroxylation sites is 2. The summed E-state index contributed by atoms with van der Waals surface area (Å²) >= 11 is 0. The van der Waals surface area contributed by atoms with Gasteiger partial charge in [-0.15, -0.1) is 0 Å². The molecule has 5 nitrogen and oxygen atoms in total. The van der Waals surface area contributed by atoms with E-state index in [-0.39, 0.29) is 17.7 Å². The van der Waals surface area contributed by atoms with Gasteiger partial charge in [-0.1, -0.05) is 32.9 Å². The highest BCUT2D eigenvalue weighted by Gasteiger charge is 2.33. The van der Waals surface area contributed by atoms with E-state index in [1.807, 2.05) is 49.9 Å². The number of hydrogen-bond acceptors (Lipinski definition) is 3. The van der Waals surface area contributed by atoms with Crippen molar-refractivity contribution < 1.29 is 14.3 Å². The fraction of sp³-hybridized carbons (Fsp3) is 0.556. The highest BCUT2D eigenvalue weighted by Crippen LogP contribution is 2.27. The van der Waals surface area contributed by atoms with Crippen LogP contribution in [0.3, 0.4) is 0 Å². The van der Waals surface area contributed by atoms with E-state index < -0.39 is 5.41 Å². The maximum absolute atomic E-state index is 12.5. The maximum atomic E-state index is 12.5. The van der Waals surface area contributed by atoms with Crippen molar-refractivity contribution >= 4 is 17.5 Å². The average molecular weight is 318 g/mol. The second kappa shape index (κ2) is 7.02. The van der Waals surface area contributed by atoms with E-state index in [1.165, 1.54) is 0 Å². The van der Waals surface area contributed by atoms with Crippen LogP contribution in [0.4, 0.5) is 5.69 Å². The van der Waals surface area contributed by atoms with E-state index in [9.17, 15) is 9.59 Å². The molecule has 0 radical (unpaired) electrons. The van der Waals surface area contributed by atoms with Crippen molar-refractivity contribution in [2.45, 2.75) is 33.6 Å². The van der Waals surface area contributed by atoms with Crippen molar-refractivity contribution in [2.24, 2.45) is 11.3 Å². The minimum atomic E-state index is -0.416. The van der Waals surface area contributed by atoms with E-state index in [0.717, 1.165) is 19.4 Å². The summed E-state index contributed by atoms with van der Waals surface area (Å²) < 4.78 is 5.26. The van der Waals surface area contributed by atoms with Crippen molar-refractivity contribution in [3.05, 3.63) is 24.3 Å². The lowest BCUT2D eigenvalue weighted by Crippen LogP contribution is -2.47. The van der Waals surface area contributed by atoms with Gasteiger partial charge in [0.15, 0.2) is 0 Å². The van der Waals surface area contributed by atoms with Gasteiger partial charge in [-0.3, -0.25) is 9.59 Å². The van der Waals surface area contributed by atoms with Crippen molar-refractivity contribution in [3.63, 3.8) is 0 Å². The van der Waals surface area contributed by atoms with Crippen LogP contribution in [-0.2, 0) is 9.59 Å². The minimum Gasteiger partial charge on any atom is -0.495 e. The molecule has 0 spiro atoms. The number of carbonyl (C=O) groups is 2. The van der Waals surface area contributed by atoms with Crippen molar-refractivity contribution in [1.29, 1.82) is 0 Å². The molecule has 1 heterocycles. The Bertz CT molecular complexity index is 578. The quantitative estimate of drug-likeness (QED) is 0.932. The molecule has 0 aromatic heterocycles. The first-order chi connectivity index (χ1) is 10.8. The van der Waals surface area contributed by atoms with Gasteiger partial charge in [0.05, 0.1) is 18.7 Å². The van der Waals surface area contributed by atoms with Crippen LogP contribution in [0, 0.1) is 11.3 Å². The van der Waals surface area contributed by atoms with Gasteiger partial charge in [-0.2, -0.15) is 0 Å². The molecular formula is C18H26N2O3. The summed E-state index contributed by atoms with van der Waals surface area (Å²) in [5.74, 6) is 0.507. The van der Waals surface area contributed by atoms with Crippen LogP contribution < -0.4 is 10.1 Å². The molecule has 23 heavy (non-hydrogen) atoms. The number of likely N-dealkylation sites (tertiary alicyclic amines) is 1. The van der Waals surface area contributed by atoms with E-state index in [4.69, 9.17) is 4.74 Å². The Morgan fingerprint density at radius 2 is 1.96 bits per heavy atom. The zero-order chi connectivity index (χ0) is 17.0. The van der Waals surface area contributed by atoms with Crippen LogP contribution >= 0.6 is 0 Å². The molecule has 1 aliphatic heterocycles. The Morgan fingerprint density at radius 3 is 2.61 bits per heavy atom. The molecule has 0 unspecified atom stereocenters. The fourth-order valence-corrected chi connectivity index (χ4v) is 2.83. The number of nitrogens with zero attached hydrogens (tertiary/aromatic N) is 1. The SMILES string of the molecule is COc1ccccc1NC(=O)[C@@H]1CCCN(C(=O)C(C)(C)C)C1. The van der Waals surface area contributed by atoms with Crippen LogP contribution in [0.5, 0.6) is 5.75 Å². The maximum Gasteiger partial charge on any atom is 0.229 e. The fourth-order valence-electron chi connectivity index (χ4n) is 2.83. The molecule has 5 heteroatoms. The van der Waals surface area contributed by atoms with Gasteiger partial charge in [0.25, 0.3) is 0 Å². The number of nitrogens with one attached hydrogen (secondary N) is 1. The highest BCUT2D eigenvalue weighted by atomic mass is 16.5. The molecule has 0 saturated carbocycles. The molecule has 1 aromatic carbocycles. The van der Waals surface area contributed by atoms with Gasteiger partial charge in [0, 0.05) is 18.5 Å². The molecule has 1 aromatic rings. The van der Waals surface area contributed by atoms with Crippen LogP contribution in [0.15, 0.2) is 24.3 Å². The van der Waals surface area contributed by atoms with Gasteiger partial charge in [-0.25, -0.2) is 0 Å². The molecule has 1 aliphatic rings. The second-order valence-electron chi connectivity index (χ2n) is 7.03. The summed E-state index contributed by atoms with van der Waals surface area (Å²) in [5, 5.41) is 2.93. The molecule has 126 valence electrons. The Labute approximate surface area is 138 Å². The third-order valence-electron chi connectivity index (χ3n) is 4.09. The van der Waals surface area contributed by atoms with Crippen LogP contribution in [0.2, 0.25) is 0 Å². The minimum absolute atomic E-state index is 0.0547. The van der Waals surface area contributed by atoms with E-state index in [1.54, 1.807) is 7.11 Å². The zero-order valence-electron chi connectivity index (χ0n) is 14.4. The number of anilines is 1. The zero-order valence-corrected chi connectivity index (χ0v) is 14.4. The summed E-state index contributed by atoms with van der Waals surface area (Å²) in [6.45, 7) is 6.95. The molecule has 0 bridgehead atoms. The van der Waals surface area contributed by atoms with Gasteiger partial charge in [-0.05, 0) is 25.0 Å². The number of benzene rings is 1. The topological polar surface area (TPSA) is 58.6 Å². The van der Waals surface area contributed by atoms with E-state index in [0.29, 0.717) is 18.0 Å². The van der Waals surface area contributed by atoms with Crippen LogP contribution in [0.25, 0.3) is 0 Å². The number of piperidine rings is 1. The molecule has 1 fully saturated rings. The lowest BCUT2D eigenvalue weighted by Gasteiger charge is -2.35. The molecule has 1 saturated heterocycles. The Hall–Kier alpha value is -2.04. The molecule has 1 N–H and O–H groups in total. The lowest BCUT2D eigenvalue weighted by molar-refractivity contribution is -0.142. The molecule has 1 atom stereocenters. The Morgan fingerprint density at radius 1 is 1.26 bits per heavy atom. The predicted octanol–water partition coefficient (Wildman–Crippen LogP) is 2.92. The van der Waals surface area contributed by atoms with Crippen LogP contribution in [-0.4, -0.2) is 36.9 Å². The Balaban J connectivity index is 2.03. The largest absolute Gasteiger partial charge is 0.495 e.